The number of para-hydroxylation sites is 2. The molecule has 0 radical (unpaired) electrons. The Bertz CT molecular complexity index is 653. The van der Waals surface area contributed by atoms with Crippen LogP contribution in [0.5, 0.6) is 5.75 Å². The van der Waals surface area contributed by atoms with Crippen LogP contribution >= 0.6 is 0 Å². The molecular formula is C18H19NO2. The molecule has 0 amide bonds. The highest BCUT2D eigenvalue weighted by Gasteiger charge is 2.36. The second kappa shape index (κ2) is 5.97. The van der Waals surface area contributed by atoms with Crippen LogP contribution in [0.4, 0.5) is 5.69 Å². The van der Waals surface area contributed by atoms with Gasteiger partial charge < -0.3 is 14.5 Å². The third-order valence-electron chi connectivity index (χ3n) is 3.81. The minimum atomic E-state index is 0.267. The standard InChI is InChI=1S/C18H19NO2/c1-3-10-20-18-7-5-4-6-16(18)19-12-14-8-9-17(21-14)15-11-13(15)2/h1,4-9,13,15,19H,10-12H2,2H3/t13-,15-/m0/s1. The normalized spacial score (nSPS) is 19.8. The zero-order valence-electron chi connectivity index (χ0n) is 12.1. The van der Waals surface area contributed by atoms with Crippen molar-refractivity contribution in [3.63, 3.8) is 0 Å². The summed E-state index contributed by atoms with van der Waals surface area (Å²) in [6, 6.07) is 11.9. The summed E-state index contributed by atoms with van der Waals surface area (Å²) in [4.78, 5) is 0. The number of terminal acetylenes is 1. The van der Waals surface area contributed by atoms with Crippen molar-refractivity contribution >= 4 is 5.69 Å². The molecule has 0 aliphatic heterocycles. The molecule has 1 heterocycles. The van der Waals surface area contributed by atoms with Crippen LogP contribution in [-0.4, -0.2) is 6.61 Å². The van der Waals surface area contributed by atoms with Crippen molar-refractivity contribution in [2.24, 2.45) is 5.92 Å². The van der Waals surface area contributed by atoms with E-state index in [0.29, 0.717) is 12.5 Å². The molecule has 2 aromatic rings. The minimum absolute atomic E-state index is 0.267. The second-order valence-electron chi connectivity index (χ2n) is 5.47. The largest absolute Gasteiger partial charge is 0.479 e. The molecule has 0 saturated heterocycles. The topological polar surface area (TPSA) is 34.4 Å². The quantitative estimate of drug-likeness (QED) is 0.812. The highest BCUT2D eigenvalue weighted by atomic mass is 16.5. The van der Waals surface area contributed by atoms with Crippen LogP contribution in [0.25, 0.3) is 0 Å². The van der Waals surface area contributed by atoms with Gasteiger partial charge in [0.25, 0.3) is 0 Å². The van der Waals surface area contributed by atoms with Gasteiger partial charge >= 0.3 is 0 Å². The maximum Gasteiger partial charge on any atom is 0.148 e. The number of nitrogens with one attached hydrogen (secondary N) is 1. The maximum absolute atomic E-state index is 5.89. The van der Waals surface area contributed by atoms with Crippen LogP contribution in [-0.2, 0) is 6.54 Å². The van der Waals surface area contributed by atoms with Crippen LogP contribution in [0.2, 0.25) is 0 Å². The Labute approximate surface area is 125 Å². The Hall–Kier alpha value is -2.34. The van der Waals surface area contributed by atoms with E-state index < -0.39 is 0 Å². The lowest BCUT2D eigenvalue weighted by Crippen LogP contribution is -2.02. The van der Waals surface area contributed by atoms with E-state index >= 15 is 0 Å². The van der Waals surface area contributed by atoms with E-state index in [1.807, 2.05) is 30.3 Å². The van der Waals surface area contributed by atoms with E-state index in [1.165, 1.54) is 6.42 Å². The van der Waals surface area contributed by atoms with Crippen LogP contribution in [0, 0.1) is 18.3 Å². The lowest BCUT2D eigenvalue weighted by atomic mass is 10.2. The predicted octanol–water partition coefficient (Wildman–Crippen LogP) is 4.03. The van der Waals surface area contributed by atoms with Crippen LogP contribution in [0.1, 0.15) is 30.8 Å². The first-order chi connectivity index (χ1) is 10.3. The molecule has 3 nitrogen and oxygen atoms in total. The number of furan rings is 1. The molecule has 1 aromatic heterocycles. The Morgan fingerprint density at radius 3 is 2.90 bits per heavy atom. The van der Waals surface area contributed by atoms with Gasteiger partial charge in [0.2, 0.25) is 0 Å². The lowest BCUT2D eigenvalue weighted by Gasteiger charge is -2.10. The highest BCUT2D eigenvalue weighted by Crippen LogP contribution is 2.47. The molecule has 1 saturated carbocycles. The lowest BCUT2D eigenvalue weighted by molar-refractivity contribution is 0.372. The first-order valence-corrected chi connectivity index (χ1v) is 7.25. The SMILES string of the molecule is C#CCOc1ccccc1NCc1ccc([C@H]2C[C@@H]2C)o1. The van der Waals surface area contributed by atoms with E-state index in [0.717, 1.165) is 28.9 Å². The molecule has 2 atom stereocenters. The van der Waals surface area contributed by atoms with E-state index in [9.17, 15) is 0 Å². The van der Waals surface area contributed by atoms with Gasteiger partial charge in [-0.15, -0.1) is 6.42 Å². The van der Waals surface area contributed by atoms with Gasteiger partial charge in [-0.2, -0.15) is 0 Å². The van der Waals surface area contributed by atoms with Gasteiger partial charge in [-0.3, -0.25) is 0 Å². The highest BCUT2D eigenvalue weighted by molar-refractivity contribution is 5.56. The van der Waals surface area contributed by atoms with Gasteiger partial charge in [-0.25, -0.2) is 0 Å². The summed E-state index contributed by atoms with van der Waals surface area (Å²) in [6.07, 6.45) is 6.47. The van der Waals surface area contributed by atoms with Gasteiger partial charge in [0.15, 0.2) is 0 Å². The zero-order chi connectivity index (χ0) is 14.7. The molecule has 1 fully saturated rings. The molecular weight excluding hydrogens is 262 g/mol. The smallest absolute Gasteiger partial charge is 0.148 e. The summed E-state index contributed by atoms with van der Waals surface area (Å²) >= 11 is 0. The fraction of sp³-hybridized carbons (Fsp3) is 0.333. The fourth-order valence-corrected chi connectivity index (χ4v) is 2.45. The monoisotopic (exact) mass is 281 g/mol. The average Bonchev–Trinajstić information content (AvgIpc) is 3.05. The molecule has 3 rings (SSSR count). The van der Waals surface area contributed by atoms with Crippen LogP contribution < -0.4 is 10.1 Å². The van der Waals surface area contributed by atoms with E-state index in [4.69, 9.17) is 15.6 Å². The molecule has 1 aliphatic carbocycles. The molecule has 1 aromatic carbocycles. The number of hydrogen-bond donors (Lipinski definition) is 1. The molecule has 1 aliphatic rings. The van der Waals surface area contributed by atoms with Gasteiger partial charge in [0.1, 0.15) is 23.9 Å². The molecule has 108 valence electrons. The second-order valence-corrected chi connectivity index (χ2v) is 5.47. The Balaban J connectivity index is 1.62. The van der Waals surface area contributed by atoms with Crippen molar-refractivity contribution < 1.29 is 9.15 Å². The van der Waals surface area contributed by atoms with E-state index in [2.05, 4.69) is 24.2 Å². The number of benzene rings is 1. The number of hydrogen-bond acceptors (Lipinski definition) is 3. The first kappa shape index (κ1) is 13.6. The Kier molecular flexibility index (Phi) is 3.87. The molecule has 0 spiro atoms. The van der Waals surface area contributed by atoms with E-state index in [-0.39, 0.29) is 6.61 Å². The van der Waals surface area contributed by atoms with Crippen LogP contribution in [0.15, 0.2) is 40.8 Å². The molecule has 0 bridgehead atoms. The molecule has 21 heavy (non-hydrogen) atoms. The number of anilines is 1. The third kappa shape index (κ3) is 3.22. The number of ether oxygens (including phenoxy) is 1. The molecule has 1 N–H and O–H groups in total. The molecule has 0 unspecified atom stereocenters. The van der Waals surface area contributed by atoms with Crippen LogP contribution in [0.3, 0.4) is 0 Å². The van der Waals surface area contributed by atoms with Crippen molar-refractivity contribution in [1.29, 1.82) is 0 Å². The van der Waals surface area contributed by atoms with Crippen molar-refractivity contribution in [3.8, 4) is 18.1 Å². The average molecular weight is 281 g/mol. The Morgan fingerprint density at radius 1 is 1.33 bits per heavy atom. The maximum atomic E-state index is 5.89. The van der Waals surface area contributed by atoms with Crippen molar-refractivity contribution in [2.45, 2.75) is 25.8 Å². The zero-order valence-corrected chi connectivity index (χ0v) is 12.1. The van der Waals surface area contributed by atoms with E-state index in [1.54, 1.807) is 0 Å². The van der Waals surface area contributed by atoms with Gasteiger partial charge in [0.05, 0.1) is 12.2 Å². The first-order valence-electron chi connectivity index (χ1n) is 7.25. The summed E-state index contributed by atoms with van der Waals surface area (Å²) in [5.41, 5.74) is 0.922. The molecule has 3 heteroatoms. The summed E-state index contributed by atoms with van der Waals surface area (Å²) < 4.78 is 11.4. The minimum Gasteiger partial charge on any atom is -0.479 e. The van der Waals surface area contributed by atoms with Crippen molar-refractivity contribution in [3.05, 3.63) is 47.9 Å². The number of rotatable bonds is 6. The summed E-state index contributed by atoms with van der Waals surface area (Å²) in [5, 5.41) is 3.33. The summed E-state index contributed by atoms with van der Waals surface area (Å²) in [6.45, 7) is 3.16. The Morgan fingerprint density at radius 2 is 2.14 bits per heavy atom. The third-order valence-corrected chi connectivity index (χ3v) is 3.81. The fourth-order valence-electron chi connectivity index (χ4n) is 2.45. The van der Waals surface area contributed by atoms with Gasteiger partial charge in [-0.05, 0) is 36.6 Å². The van der Waals surface area contributed by atoms with Gasteiger partial charge in [-0.1, -0.05) is 25.0 Å². The van der Waals surface area contributed by atoms with Crippen molar-refractivity contribution in [1.82, 2.24) is 0 Å². The summed E-state index contributed by atoms with van der Waals surface area (Å²) in [7, 11) is 0. The van der Waals surface area contributed by atoms with Gasteiger partial charge in [0, 0.05) is 5.92 Å². The van der Waals surface area contributed by atoms with Crippen molar-refractivity contribution in [2.75, 3.05) is 11.9 Å². The summed E-state index contributed by atoms with van der Waals surface area (Å²) in [5.74, 6) is 6.66. The predicted molar refractivity (Wildman–Crippen MR) is 83.3 cm³/mol.